The number of nitrogens with zero attached hydrogens (tertiary/aromatic N) is 3. The summed E-state index contributed by atoms with van der Waals surface area (Å²) in [5.41, 5.74) is 1.92. The molecular formula is C17H20N4O2. The Morgan fingerprint density at radius 1 is 1.35 bits per heavy atom. The fourth-order valence-corrected chi connectivity index (χ4v) is 2.68. The highest BCUT2D eigenvalue weighted by molar-refractivity contribution is 5.95. The van der Waals surface area contributed by atoms with E-state index in [1.54, 1.807) is 23.1 Å². The topological polar surface area (TPSA) is 67.2 Å². The van der Waals surface area contributed by atoms with Crippen molar-refractivity contribution in [2.45, 2.75) is 32.4 Å². The predicted molar refractivity (Wildman–Crippen MR) is 86.8 cm³/mol. The van der Waals surface area contributed by atoms with E-state index in [1.165, 1.54) is 0 Å². The van der Waals surface area contributed by atoms with Crippen LogP contribution in [0, 0.1) is 0 Å². The summed E-state index contributed by atoms with van der Waals surface area (Å²) < 4.78 is 1.62. The number of aromatic nitrogens is 2. The second-order valence-electron chi connectivity index (χ2n) is 5.70. The van der Waals surface area contributed by atoms with Crippen molar-refractivity contribution in [1.82, 2.24) is 15.1 Å². The van der Waals surface area contributed by atoms with Gasteiger partial charge < -0.3 is 10.2 Å². The number of amides is 2. The van der Waals surface area contributed by atoms with E-state index < -0.39 is 0 Å². The Morgan fingerprint density at radius 2 is 2.13 bits per heavy atom. The summed E-state index contributed by atoms with van der Waals surface area (Å²) in [6, 6.07) is 9.21. The third kappa shape index (κ3) is 3.41. The number of carbonyl (C=O) groups is 2. The molecule has 0 saturated carbocycles. The van der Waals surface area contributed by atoms with Gasteiger partial charge in [0, 0.05) is 37.6 Å². The summed E-state index contributed by atoms with van der Waals surface area (Å²) in [5, 5.41) is 6.98. The molecule has 2 amide bonds. The summed E-state index contributed by atoms with van der Waals surface area (Å²) in [6.07, 6.45) is 4.97. The van der Waals surface area contributed by atoms with Gasteiger partial charge >= 0.3 is 0 Å². The van der Waals surface area contributed by atoms with Gasteiger partial charge in [-0.05, 0) is 37.1 Å². The summed E-state index contributed by atoms with van der Waals surface area (Å²) in [7, 11) is 0. The minimum absolute atomic E-state index is 0.0764. The van der Waals surface area contributed by atoms with E-state index in [0.717, 1.165) is 24.2 Å². The minimum Gasteiger partial charge on any atom is -0.350 e. The average molecular weight is 312 g/mol. The van der Waals surface area contributed by atoms with Gasteiger partial charge in [0.1, 0.15) is 6.04 Å². The van der Waals surface area contributed by atoms with Crippen LogP contribution in [0.5, 0.6) is 0 Å². The van der Waals surface area contributed by atoms with Crippen LogP contribution < -0.4 is 10.2 Å². The van der Waals surface area contributed by atoms with Crippen molar-refractivity contribution >= 4 is 17.5 Å². The second-order valence-corrected chi connectivity index (χ2v) is 5.70. The molecule has 2 heterocycles. The summed E-state index contributed by atoms with van der Waals surface area (Å²) in [5.74, 6) is 0.103. The smallest absolute Gasteiger partial charge is 0.244 e. The van der Waals surface area contributed by atoms with Crippen LogP contribution in [0.2, 0.25) is 0 Å². The summed E-state index contributed by atoms with van der Waals surface area (Å²) in [6.45, 7) is 3.05. The Morgan fingerprint density at radius 3 is 2.74 bits per heavy atom. The van der Waals surface area contributed by atoms with Gasteiger partial charge in [-0.15, -0.1) is 0 Å². The van der Waals surface area contributed by atoms with Gasteiger partial charge in [0.25, 0.3) is 0 Å². The van der Waals surface area contributed by atoms with Gasteiger partial charge in [-0.3, -0.25) is 14.3 Å². The quantitative estimate of drug-likeness (QED) is 0.917. The average Bonchev–Trinajstić information content (AvgIpc) is 3.24. The maximum atomic E-state index is 12.1. The number of anilines is 1. The third-order valence-corrected chi connectivity index (χ3v) is 4.09. The van der Waals surface area contributed by atoms with Gasteiger partial charge in [-0.2, -0.15) is 5.10 Å². The van der Waals surface area contributed by atoms with Gasteiger partial charge in [0.05, 0.1) is 0 Å². The fourth-order valence-electron chi connectivity index (χ4n) is 2.68. The first kappa shape index (κ1) is 15.3. The molecule has 1 fully saturated rings. The molecule has 1 aliphatic heterocycles. The zero-order valence-electron chi connectivity index (χ0n) is 13.1. The first-order chi connectivity index (χ1) is 11.1. The molecule has 1 unspecified atom stereocenters. The van der Waals surface area contributed by atoms with Crippen molar-refractivity contribution in [3.63, 3.8) is 0 Å². The zero-order chi connectivity index (χ0) is 16.2. The van der Waals surface area contributed by atoms with Gasteiger partial charge in [-0.1, -0.05) is 12.1 Å². The number of nitrogens with one attached hydrogen (secondary N) is 1. The highest BCUT2D eigenvalue weighted by Crippen LogP contribution is 2.21. The van der Waals surface area contributed by atoms with Crippen LogP contribution in [0.25, 0.3) is 0 Å². The van der Waals surface area contributed by atoms with Crippen LogP contribution in [0.1, 0.15) is 31.4 Å². The Hall–Kier alpha value is -2.63. The number of hydrogen-bond acceptors (Lipinski definition) is 3. The summed E-state index contributed by atoms with van der Waals surface area (Å²) in [4.78, 5) is 25.6. The largest absolute Gasteiger partial charge is 0.350 e. The second kappa shape index (κ2) is 6.64. The molecule has 0 radical (unpaired) electrons. The maximum Gasteiger partial charge on any atom is 0.244 e. The lowest BCUT2D eigenvalue weighted by Crippen LogP contribution is -2.30. The number of benzene rings is 1. The van der Waals surface area contributed by atoms with Crippen LogP contribution in [0.4, 0.5) is 5.69 Å². The van der Waals surface area contributed by atoms with Crippen LogP contribution in [-0.4, -0.2) is 28.1 Å². The van der Waals surface area contributed by atoms with Gasteiger partial charge in [-0.25, -0.2) is 0 Å². The van der Waals surface area contributed by atoms with Crippen molar-refractivity contribution in [1.29, 1.82) is 0 Å². The highest BCUT2D eigenvalue weighted by Gasteiger charge is 2.21. The molecule has 0 spiro atoms. The molecule has 2 aromatic rings. The Bertz CT molecular complexity index is 679. The minimum atomic E-state index is -0.341. The molecule has 6 nitrogen and oxygen atoms in total. The molecule has 0 aliphatic carbocycles. The van der Waals surface area contributed by atoms with Crippen LogP contribution in [-0.2, 0) is 16.1 Å². The molecule has 1 aromatic carbocycles. The first-order valence-corrected chi connectivity index (χ1v) is 7.81. The van der Waals surface area contributed by atoms with Crippen LogP contribution >= 0.6 is 0 Å². The lowest BCUT2D eigenvalue weighted by molar-refractivity contribution is -0.124. The van der Waals surface area contributed by atoms with E-state index in [4.69, 9.17) is 0 Å². The van der Waals surface area contributed by atoms with E-state index >= 15 is 0 Å². The van der Waals surface area contributed by atoms with Crippen molar-refractivity contribution in [3.05, 3.63) is 48.3 Å². The number of rotatable bonds is 5. The number of hydrogen-bond donors (Lipinski definition) is 1. The van der Waals surface area contributed by atoms with E-state index in [0.29, 0.717) is 13.0 Å². The Balaban J connectivity index is 1.56. The van der Waals surface area contributed by atoms with Crippen molar-refractivity contribution in [3.8, 4) is 0 Å². The molecule has 0 bridgehead atoms. The third-order valence-electron chi connectivity index (χ3n) is 4.09. The Kier molecular flexibility index (Phi) is 4.41. The van der Waals surface area contributed by atoms with E-state index in [1.807, 2.05) is 36.1 Å². The lowest BCUT2D eigenvalue weighted by atomic mass is 10.2. The molecule has 1 saturated heterocycles. The SMILES string of the molecule is CC(C(=O)NCc1ccc(N2CCCC2=O)cc1)n1cccn1. The summed E-state index contributed by atoms with van der Waals surface area (Å²) >= 11 is 0. The van der Waals surface area contributed by atoms with Crippen molar-refractivity contribution in [2.24, 2.45) is 0 Å². The Labute approximate surface area is 135 Å². The molecule has 3 rings (SSSR count). The molecule has 23 heavy (non-hydrogen) atoms. The molecule has 1 atom stereocenters. The standard InChI is InChI=1S/C17H20N4O2/c1-13(21-11-3-9-19-21)17(23)18-12-14-5-7-15(8-6-14)20-10-2-4-16(20)22/h3,5-9,11,13H,2,4,10,12H2,1H3,(H,18,23). The molecule has 120 valence electrons. The maximum absolute atomic E-state index is 12.1. The molecule has 1 N–H and O–H groups in total. The van der Waals surface area contributed by atoms with Crippen molar-refractivity contribution in [2.75, 3.05) is 11.4 Å². The van der Waals surface area contributed by atoms with E-state index in [-0.39, 0.29) is 17.9 Å². The van der Waals surface area contributed by atoms with Gasteiger partial charge in [0.2, 0.25) is 11.8 Å². The first-order valence-electron chi connectivity index (χ1n) is 7.81. The van der Waals surface area contributed by atoms with Gasteiger partial charge in [0.15, 0.2) is 0 Å². The predicted octanol–water partition coefficient (Wildman–Crippen LogP) is 1.89. The van der Waals surface area contributed by atoms with Crippen molar-refractivity contribution < 1.29 is 9.59 Å². The normalized spacial score (nSPS) is 15.7. The van der Waals surface area contributed by atoms with Crippen LogP contribution in [0.3, 0.4) is 0 Å². The molecule has 6 heteroatoms. The molecule has 1 aliphatic rings. The van der Waals surface area contributed by atoms with E-state index in [2.05, 4.69) is 10.4 Å². The lowest BCUT2D eigenvalue weighted by Gasteiger charge is -2.16. The molecular weight excluding hydrogens is 292 g/mol. The van der Waals surface area contributed by atoms with E-state index in [9.17, 15) is 9.59 Å². The monoisotopic (exact) mass is 312 g/mol. The fraction of sp³-hybridized carbons (Fsp3) is 0.353. The molecule has 1 aromatic heterocycles. The highest BCUT2D eigenvalue weighted by atomic mass is 16.2. The van der Waals surface area contributed by atoms with Crippen LogP contribution in [0.15, 0.2) is 42.7 Å². The zero-order valence-corrected chi connectivity index (χ0v) is 13.1. The number of carbonyl (C=O) groups excluding carboxylic acids is 2.